The third kappa shape index (κ3) is 10.2. The van der Waals surface area contributed by atoms with Crippen molar-refractivity contribution >= 4 is 17.9 Å². The maximum absolute atomic E-state index is 12.6. The first-order valence-corrected chi connectivity index (χ1v) is 14.5. The van der Waals surface area contributed by atoms with E-state index < -0.39 is 11.9 Å². The van der Waals surface area contributed by atoms with Crippen LogP contribution < -0.4 is 18.9 Å². The fraction of sp³-hybridized carbons (Fsp3) is 0.184. The van der Waals surface area contributed by atoms with E-state index >= 15 is 0 Å². The van der Waals surface area contributed by atoms with Crippen LogP contribution in [-0.2, 0) is 4.79 Å². The molecule has 4 rings (SSSR count). The summed E-state index contributed by atoms with van der Waals surface area (Å²) >= 11 is 0. The molecular weight excluding hydrogens is 568 g/mol. The predicted octanol–water partition coefficient (Wildman–Crippen LogP) is 7.68. The van der Waals surface area contributed by atoms with Crippen molar-refractivity contribution < 1.29 is 33.3 Å². The topological polar surface area (TPSA) is 88.1 Å². The van der Waals surface area contributed by atoms with E-state index in [0.717, 1.165) is 24.0 Å². The molecule has 0 heterocycles. The number of carbonyl (C=O) groups excluding carboxylic acids is 3. The molecule has 4 aromatic rings. The van der Waals surface area contributed by atoms with Crippen LogP contribution in [0.25, 0.3) is 11.1 Å². The van der Waals surface area contributed by atoms with E-state index in [9.17, 15) is 14.4 Å². The maximum atomic E-state index is 12.6. The smallest absolute Gasteiger partial charge is 0.343 e. The average molecular weight is 601 g/mol. The van der Waals surface area contributed by atoms with Gasteiger partial charge in [-0.25, -0.2) is 9.59 Å². The van der Waals surface area contributed by atoms with Gasteiger partial charge in [-0.2, -0.15) is 0 Å². The zero-order chi connectivity index (χ0) is 31.9. The van der Waals surface area contributed by atoms with Gasteiger partial charge in [-0.3, -0.25) is 4.79 Å². The number of carbonyl (C=O) groups is 3. The summed E-state index contributed by atoms with van der Waals surface area (Å²) in [5, 5.41) is 0. The van der Waals surface area contributed by atoms with Crippen LogP contribution in [0.3, 0.4) is 0 Å². The van der Waals surface area contributed by atoms with Gasteiger partial charge in [-0.05, 0) is 103 Å². The van der Waals surface area contributed by atoms with Gasteiger partial charge in [0, 0.05) is 19.3 Å². The summed E-state index contributed by atoms with van der Waals surface area (Å²) in [4.78, 5) is 37.1. The molecule has 0 aliphatic heterocycles. The summed E-state index contributed by atoms with van der Waals surface area (Å²) in [6.07, 6.45) is 14.2. The quantitative estimate of drug-likeness (QED) is 0.0635. The first-order valence-electron chi connectivity index (χ1n) is 14.5. The highest BCUT2D eigenvalue weighted by molar-refractivity contribution is 5.92. The minimum absolute atomic E-state index is 0.278. The van der Waals surface area contributed by atoms with Crippen molar-refractivity contribution in [2.24, 2.45) is 0 Å². The fourth-order valence-corrected chi connectivity index (χ4v) is 4.15. The molecule has 0 aliphatic rings. The van der Waals surface area contributed by atoms with Crippen LogP contribution in [0.4, 0.5) is 0 Å². The molecule has 0 saturated heterocycles. The number of hydrogen-bond donors (Lipinski definition) is 0. The Morgan fingerprint density at radius 1 is 0.511 bits per heavy atom. The summed E-state index contributed by atoms with van der Waals surface area (Å²) in [7, 11) is 0. The minimum Gasteiger partial charge on any atom is -0.494 e. The third-order valence-electron chi connectivity index (χ3n) is 6.56. The van der Waals surface area contributed by atoms with Gasteiger partial charge in [-0.1, -0.05) is 24.3 Å². The third-order valence-corrected chi connectivity index (χ3v) is 6.56. The van der Waals surface area contributed by atoms with Crippen LogP contribution in [0.5, 0.6) is 23.0 Å². The van der Waals surface area contributed by atoms with Gasteiger partial charge in [0.15, 0.2) is 0 Å². The number of hydrogen-bond acceptors (Lipinski definition) is 7. The Kier molecular flexibility index (Phi) is 12.0. The first-order chi connectivity index (χ1) is 21.9. The monoisotopic (exact) mass is 600 g/mol. The van der Waals surface area contributed by atoms with Crippen molar-refractivity contribution in [2.75, 3.05) is 6.61 Å². The molecular formula is C38H32O7. The normalized spacial score (nSPS) is 10.2. The molecule has 0 aliphatic carbocycles. The molecule has 45 heavy (non-hydrogen) atoms. The van der Waals surface area contributed by atoms with Crippen molar-refractivity contribution in [3.05, 3.63) is 108 Å². The number of ether oxygens (including phenoxy) is 4. The van der Waals surface area contributed by atoms with Gasteiger partial charge in [-0.15, -0.1) is 24.7 Å². The molecule has 0 radical (unpaired) electrons. The largest absolute Gasteiger partial charge is 0.494 e. The number of terminal acetylenes is 2. The summed E-state index contributed by atoms with van der Waals surface area (Å²) in [6, 6.07) is 27.1. The molecule has 0 bridgehead atoms. The van der Waals surface area contributed by atoms with Crippen LogP contribution in [0.2, 0.25) is 0 Å². The highest BCUT2D eigenvalue weighted by Crippen LogP contribution is 2.26. The molecule has 0 amide bonds. The molecule has 0 fully saturated rings. The van der Waals surface area contributed by atoms with E-state index in [2.05, 4.69) is 11.8 Å². The number of rotatable bonds is 14. The van der Waals surface area contributed by atoms with E-state index in [-0.39, 0.29) is 12.4 Å². The second kappa shape index (κ2) is 16.7. The first kappa shape index (κ1) is 32.1. The summed E-state index contributed by atoms with van der Waals surface area (Å²) in [5.41, 5.74) is 2.50. The Balaban J connectivity index is 1.25. The molecule has 7 heteroatoms. The molecule has 226 valence electrons. The standard InChI is InChI=1S/C38H32O7/c1-3-5-7-8-10-36(39)43-33-25-17-31(18-26-33)38(41)45-35-23-13-29(14-24-35)28-11-21-34(22-12-28)44-37(40)30-15-19-32(20-16-30)42-27-9-6-4-2/h1-2,11-26H,5-10,27H2. The van der Waals surface area contributed by atoms with Crippen molar-refractivity contribution in [3.63, 3.8) is 0 Å². The number of unbranched alkanes of at least 4 members (excludes halogenated alkanes) is 3. The Morgan fingerprint density at radius 2 is 0.933 bits per heavy atom. The van der Waals surface area contributed by atoms with Crippen LogP contribution in [0.1, 0.15) is 59.2 Å². The number of esters is 3. The van der Waals surface area contributed by atoms with Crippen LogP contribution in [-0.4, -0.2) is 24.5 Å². The number of benzene rings is 4. The van der Waals surface area contributed by atoms with E-state index in [4.69, 9.17) is 31.8 Å². The lowest BCUT2D eigenvalue weighted by Crippen LogP contribution is -2.10. The molecule has 0 saturated carbocycles. The van der Waals surface area contributed by atoms with Gasteiger partial charge in [0.2, 0.25) is 0 Å². The summed E-state index contributed by atoms with van der Waals surface area (Å²) in [5.74, 6) is 5.54. The fourth-order valence-electron chi connectivity index (χ4n) is 4.15. The molecule has 0 N–H and O–H groups in total. The zero-order valence-electron chi connectivity index (χ0n) is 24.7. The Bertz CT molecular complexity index is 1660. The Hall–Kier alpha value is -5.79. The van der Waals surface area contributed by atoms with E-state index in [1.165, 1.54) is 0 Å². The van der Waals surface area contributed by atoms with Gasteiger partial charge in [0.25, 0.3) is 0 Å². The highest BCUT2D eigenvalue weighted by atomic mass is 16.5. The van der Waals surface area contributed by atoms with Crippen LogP contribution >= 0.6 is 0 Å². The molecule has 0 unspecified atom stereocenters. The van der Waals surface area contributed by atoms with Gasteiger partial charge in [0.1, 0.15) is 23.0 Å². The summed E-state index contributed by atoms with van der Waals surface area (Å²) in [6.45, 7) is 0.514. The van der Waals surface area contributed by atoms with Gasteiger partial charge >= 0.3 is 17.9 Å². The zero-order valence-corrected chi connectivity index (χ0v) is 24.7. The van der Waals surface area contributed by atoms with Gasteiger partial charge in [0.05, 0.1) is 17.7 Å². The van der Waals surface area contributed by atoms with E-state index in [0.29, 0.717) is 60.0 Å². The lowest BCUT2D eigenvalue weighted by atomic mass is 10.1. The second-order valence-corrected chi connectivity index (χ2v) is 9.92. The van der Waals surface area contributed by atoms with Crippen molar-refractivity contribution in [2.45, 2.75) is 38.5 Å². The van der Waals surface area contributed by atoms with Crippen molar-refractivity contribution in [1.29, 1.82) is 0 Å². The molecule has 0 aromatic heterocycles. The lowest BCUT2D eigenvalue weighted by molar-refractivity contribution is -0.134. The van der Waals surface area contributed by atoms with E-state index in [1.54, 1.807) is 72.8 Å². The minimum atomic E-state index is -0.539. The Labute approximate surface area is 263 Å². The average Bonchev–Trinajstić information content (AvgIpc) is 3.06. The van der Waals surface area contributed by atoms with Crippen LogP contribution in [0.15, 0.2) is 97.1 Å². The second-order valence-electron chi connectivity index (χ2n) is 9.92. The molecule has 0 spiro atoms. The molecule has 7 nitrogen and oxygen atoms in total. The maximum Gasteiger partial charge on any atom is 0.343 e. The van der Waals surface area contributed by atoms with Crippen molar-refractivity contribution in [1.82, 2.24) is 0 Å². The Morgan fingerprint density at radius 3 is 1.42 bits per heavy atom. The molecule has 0 atom stereocenters. The van der Waals surface area contributed by atoms with Crippen LogP contribution in [0, 0.1) is 24.7 Å². The highest BCUT2D eigenvalue weighted by Gasteiger charge is 2.12. The van der Waals surface area contributed by atoms with E-state index in [1.807, 2.05) is 24.3 Å². The lowest BCUT2D eigenvalue weighted by Gasteiger charge is -2.09. The molecule has 4 aromatic carbocycles. The SMILES string of the molecule is C#CCCCCC(=O)Oc1ccc(C(=O)Oc2ccc(-c3ccc(OC(=O)c4ccc(OCCCC#C)cc4)cc3)cc2)cc1. The summed E-state index contributed by atoms with van der Waals surface area (Å²) < 4.78 is 21.9. The predicted molar refractivity (Wildman–Crippen MR) is 171 cm³/mol. The van der Waals surface area contributed by atoms with Crippen molar-refractivity contribution in [3.8, 4) is 58.8 Å². The van der Waals surface area contributed by atoms with Gasteiger partial charge < -0.3 is 18.9 Å².